The van der Waals surface area contributed by atoms with Crippen LogP contribution in [0.25, 0.3) is 23.3 Å². The molecule has 0 nitrogen and oxygen atoms in total. The fourth-order valence-electron chi connectivity index (χ4n) is 2.91. The summed E-state index contributed by atoms with van der Waals surface area (Å²) in [6.07, 6.45) is 3.71. The second-order valence-corrected chi connectivity index (χ2v) is 6.32. The van der Waals surface area contributed by atoms with Gasteiger partial charge in [-0.05, 0) is 47.7 Å². The number of benzene rings is 3. The van der Waals surface area contributed by atoms with Crippen LogP contribution in [-0.4, -0.2) is 0 Å². The molecule has 0 atom stereocenters. The van der Waals surface area contributed by atoms with Gasteiger partial charge in [-0.15, -0.1) is 5.92 Å². The predicted octanol–water partition coefficient (Wildman–Crippen LogP) is 6.88. The summed E-state index contributed by atoms with van der Waals surface area (Å²) >= 11 is 0. The topological polar surface area (TPSA) is 0 Å². The number of aryl methyl sites for hydroxylation is 1. The van der Waals surface area contributed by atoms with Crippen molar-refractivity contribution in [1.29, 1.82) is 0 Å². The summed E-state index contributed by atoms with van der Waals surface area (Å²) in [4.78, 5) is 0. The monoisotopic (exact) mass is 376 g/mol. The van der Waals surface area contributed by atoms with Crippen molar-refractivity contribution in [2.75, 3.05) is 0 Å². The Labute approximate surface area is 163 Å². The molecular formula is C25H19F3. The van der Waals surface area contributed by atoms with Crippen molar-refractivity contribution in [2.45, 2.75) is 20.3 Å². The molecule has 0 aromatic heterocycles. The molecule has 0 fully saturated rings. The molecule has 0 aliphatic heterocycles. The molecule has 0 radical (unpaired) electrons. The first-order chi connectivity index (χ1) is 13.5. The van der Waals surface area contributed by atoms with Crippen LogP contribution in [0.15, 0.2) is 54.6 Å². The second kappa shape index (κ2) is 8.63. The van der Waals surface area contributed by atoms with Gasteiger partial charge in [0.25, 0.3) is 0 Å². The van der Waals surface area contributed by atoms with Crippen LogP contribution in [0.1, 0.15) is 36.1 Å². The third-order valence-electron chi connectivity index (χ3n) is 4.50. The Hall–Kier alpha value is -3.25. The van der Waals surface area contributed by atoms with Crippen LogP contribution in [0.2, 0.25) is 0 Å². The van der Waals surface area contributed by atoms with Crippen molar-refractivity contribution >= 4 is 12.2 Å². The van der Waals surface area contributed by atoms with Gasteiger partial charge in [-0.1, -0.05) is 67.5 Å². The average Bonchev–Trinajstić information content (AvgIpc) is 2.71. The van der Waals surface area contributed by atoms with Gasteiger partial charge in [-0.3, -0.25) is 0 Å². The minimum absolute atomic E-state index is 0.202. The second-order valence-electron chi connectivity index (χ2n) is 6.32. The molecule has 140 valence electrons. The highest BCUT2D eigenvalue weighted by atomic mass is 19.2. The molecule has 28 heavy (non-hydrogen) atoms. The van der Waals surface area contributed by atoms with Crippen LogP contribution in [0.4, 0.5) is 13.2 Å². The molecule has 0 saturated heterocycles. The van der Waals surface area contributed by atoms with E-state index in [-0.39, 0.29) is 11.4 Å². The highest BCUT2D eigenvalue weighted by Crippen LogP contribution is 2.24. The van der Waals surface area contributed by atoms with Crippen molar-refractivity contribution < 1.29 is 13.2 Å². The zero-order valence-electron chi connectivity index (χ0n) is 15.7. The smallest absolute Gasteiger partial charge is 0.166 e. The molecule has 0 N–H and O–H groups in total. The van der Waals surface area contributed by atoms with E-state index in [1.165, 1.54) is 6.07 Å². The maximum absolute atomic E-state index is 14.1. The van der Waals surface area contributed by atoms with E-state index in [1.54, 1.807) is 44.2 Å². The van der Waals surface area contributed by atoms with Gasteiger partial charge >= 0.3 is 0 Å². The lowest BCUT2D eigenvalue weighted by Gasteiger charge is -2.05. The molecular weight excluding hydrogens is 357 g/mol. The Balaban J connectivity index is 1.81. The number of halogens is 3. The summed E-state index contributed by atoms with van der Waals surface area (Å²) in [5, 5.41) is 0. The fraction of sp³-hybridized carbons (Fsp3) is 0.120. The first-order valence-corrected chi connectivity index (χ1v) is 9.01. The fourth-order valence-corrected chi connectivity index (χ4v) is 2.91. The van der Waals surface area contributed by atoms with Gasteiger partial charge in [0.05, 0.1) is 5.56 Å². The van der Waals surface area contributed by atoms with Crippen LogP contribution in [0, 0.1) is 29.3 Å². The van der Waals surface area contributed by atoms with Crippen LogP contribution in [0.3, 0.4) is 0 Å². The Morgan fingerprint density at radius 3 is 2.18 bits per heavy atom. The van der Waals surface area contributed by atoms with Crippen molar-refractivity contribution in [3.63, 3.8) is 0 Å². The van der Waals surface area contributed by atoms with E-state index in [9.17, 15) is 13.2 Å². The molecule has 3 rings (SSSR count). The SMILES string of the molecule is CC#Cc1ccc(-c2ccc(C=Cc3ccc(CC)c(F)c3F)cc2)cc1F. The van der Waals surface area contributed by atoms with Crippen LogP contribution >= 0.6 is 0 Å². The summed E-state index contributed by atoms with van der Waals surface area (Å²) in [5.41, 5.74) is 3.37. The van der Waals surface area contributed by atoms with Gasteiger partial charge < -0.3 is 0 Å². The number of hydrogen-bond donors (Lipinski definition) is 0. The highest BCUT2D eigenvalue weighted by Gasteiger charge is 2.10. The summed E-state index contributed by atoms with van der Waals surface area (Å²) < 4.78 is 42.0. The van der Waals surface area contributed by atoms with Gasteiger partial charge in [0, 0.05) is 5.56 Å². The number of rotatable bonds is 4. The molecule has 0 aliphatic carbocycles. The Morgan fingerprint density at radius 2 is 1.54 bits per heavy atom. The lowest BCUT2D eigenvalue weighted by molar-refractivity contribution is 0.498. The van der Waals surface area contributed by atoms with E-state index in [2.05, 4.69) is 11.8 Å². The van der Waals surface area contributed by atoms with E-state index < -0.39 is 11.6 Å². The largest absolute Gasteiger partial charge is 0.206 e. The van der Waals surface area contributed by atoms with E-state index >= 15 is 0 Å². The van der Waals surface area contributed by atoms with Crippen LogP contribution in [-0.2, 0) is 6.42 Å². The third kappa shape index (κ3) is 4.18. The Morgan fingerprint density at radius 1 is 0.821 bits per heavy atom. The van der Waals surface area contributed by atoms with Gasteiger partial charge in [0.15, 0.2) is 11.6 Å². The van der Waals surface area contributed by atoms with Crippen LogP contribution in [0.5, 0.6) is 0 Å². The third-order valence-corrected chi connectivity index (χ3v) is 4.50. The minimum atomic E-state index is -0.835. The first kappa shape index (κ1) is 19.5. The predicted molar refractivity (Wildman–Crippen MR) is 109 cm³/mol. The van der Waals surface area contributed by atoms with Crippen molar-refractivity contribution in [3.05, 3.63) is 94.3 Å². The van der Waals surface area contributed by atoms with Gasteiger partial charge in [0.2, 0.25) is 0 Å². The van der Waals surface area contributed by atoms with E-state index in [1.807, 2.05) is 30.3 Å². The molecule has 0 saturated carbocycles. The summed E-state index contributed by atoms with van der Waals surface area (Å²) in [7, 11) is 0. The molecule has 0 spiro atoms. The van der Waals surface area contributed by atoms with Gasteiger partial charge in [-0.25, -0.2) is 13.2 Å². The van der Waals surface area contributed by atoms with Crippen molar-refractivity contribution in [3.8, 4) is 23.0 Å². The van der Waals surface area contributed by atoms with E-state index in [0.29, 0.717) is 17.5 Å². The minimum Gasteiger partial charge on any atom is -0.206 e. The average molecular weight is 376 g/mol. The standard InChI is InChI=1S/C25H19F3/c1-3-5-20-13-15-22(16-23(20)26)19-9-6-17(7-10-19)8-11-21-14-12-18(4-2)24(27)25(21)28/h6-16H,4H2,1-2H3. The molecule has 0 aliphatic rings. The van der Waals surface area contributed by atoms with Crippen molar-refractivity contribution in [1.82, 2.24) is 0 Å². The molecule has 0 amide bonds. The zero-order valence-corrected chi connectivity index (χ0v) is 15.7. The zero-order chi connectivity index (χ0) is 20.1. The maximum Gasteiger partial charge on any atom is 0.166 e. The molecule has 0 heterocycles. The van der Waals surface area contributed by atoms with Gasteiger partial charge in [-0.2, -0.15) is 0 Å². The van der Waals surface area contributed by atoms with Crippen molar-refractivity contribution in [2.24, 2.45) is 0 Å². The quantitative estimate of drug-likeness (QED) is 0.344. The summed E-state index contributed by atoms with van der Waals surface area (Å²) in [6.45, 7) is 3.45. The highest BCUT2D eigenvalue weighted by molar-refractivity contribution is 5.72. The van der Waals surface area contributed by atoms with Gasteiger partial charge in [0.1, 0.15) is 5.82 Å². The summed E-state index contributed by atoms with van der Waals surface area (Å²) in [6, 6.07) is 15.5. The Kier molecular flexibility index (Phi) is 6.01. The lowest BCUT2D eigenvalue weighted by atomic mass is 10.0. The molecule has 0 unspecified atom stereocenters. The summed E-state index contributed by atoms with van der Waals surface area (Å²) in [5.74, 6) is 3.42. The molecule has 3 aromatic rings. The maximum atomic E-state index is 14.1. The normalized spacial score (nSPS) is 10.8. The number of hydrogen-bond acceptors (Lipinski definition) is 0. The molecule has 3 aromatic carbocycles. The van der Waals surface area contributed by atoms with Crippen LogP contribution < -0.4 is 0 Å². The lowest BCUT2D eigenvalue weighted by Crippen LogP contribution is -1.95. The molecule has 0 bridgehead atoms. The Bertz CT molecular complexity index is 1080. The molecule has 3 heteroatoms. The first-order valence-electron chi connectivity index (χ1n) is 9.01. The van der Waals surface area contributed by atoms with E-state index in [4.69, 9.17) is 0 Å². The van der Waals surface area contributed by atoms with E-state index in [0.717, 1.165) is 16.7 Å².